The zero-order valence-electron chi connectivity index (χ0n) is 11.8. The molecule has 0 amide bonds. The molecule has 0 saturated heterocycles. The van der Waals surface area contributed by atoms with Gasteiger partial charge >= 0.3 is 0 Å². The number of hydrogen-bond donors (Lipinski definition) is 0. The molecule has 2 aromatic heterocycles. The van der Waals surface area contributed by atoms with Gasteiger partial charge in [0.25, 0.3) is 0 Å². The van der Waals surface area contributed by atoms with Gasteiger partial charge < -0.3 is 9.14 Å². The summed E-state index contributed by atoms with van der Waals surface area (Å²) in [6.07, 6.45) is 2.81. The number of aryl methyl sites for hydroxylation is 1. The lowest BCUT2D eigenvalue weighted by Gasteiger charge is -2.06. The van der Waals surface area contributed by atoms with Crippen LogP contribution in [0.4, 0.5) is 0 Å². The number of halogens is 1. The van der Waals surface area contributed by atoms with Crippen LogP contribution in [0.3, 0.4) is 0 Å². The van der Waals surface area contributed by atoms with E-state index in [0.717, 1.165) is 38.7 Å². The van der Waals surface area contributed by atoms with Crippen molar-refractivity contribution in [3.63, 3.8) is 0 Å². The number of methoxy groups -OCH3 is 1. The molecule has 1 aromatic carbocycles. The molecule has 3 aromatic rings. The summed E-state index contributed by atoms with van der Waals surface area (Å²) in [6, 6.07) is 11.9. The molecule has 0 aliphatic heterocycles. The summed E-state index contributed by atoms with van der Waals surface area (Å²) in [5.41, 5.74) is 4.74. The zero-order valence-corrected chi connectivity index (χ0v) is 13.3. The minimum Gasteiger partial charge on any atom is -0.496 e. The number of carbonyl (C=O) groups excluding carboxylic acids is 1. The number of aromatic nitrogens is 1. The van der Waals surface area contributed by atoms with E-state index in [0.29, 0.717) is 5.69 Å². The summed E-state index contributed by atoms with van der Waals surface area (Å²) in [6.45, 7) is 2.04. The van der Waals surface area contributed by atoms with Crippen LogP contribution in [0.1, 0.15) is 16.1 Å². The van der Waals surface area contributed by atoms with Crippen molar-refractivity contribution in [1.82, 2.24) is 4.40 Å². The van der Waals surface area contributed by atoms with Crippen molar-refractivity contribution in [2.45, 2.75) is 6.92 Å². The van der Waals surface area contributed by atoms with Gasteiger partial charge in [-0.05, 0) is 58.2 Å². The van der Waals surface area contributed by atoms with Crippen molar-refractivity contribution in [1.29, 1.82) is 0 Å². The molecule has 0 aliphatic carbocycles. The van der Waals surface area contributed by atoms with Crippen molar-refractivity contribution in [3.8, 4) is 16.9 Å². The standard InChI is InChI=1S/C17H14BrNO2/c1-11-4-3-7-19-15(11)9-13(16(19)10-20)12-5-6-17(21-2)14(18)8-12/h3-10H,1-2H3. The molecular weight excluding hydrogens is 330 g/mol. The monoisotopic (exact) mass is 343 g/mol. The predicted molar refractivity (Wildman–Crippen MR) is 87.2 cm³/mol. The van der Waals surface area contributed by atoms with E-state index in [1.807, 2.05) is 53.9 Å². The predicted octanol–water partition coefficient (Wildman–Crippen LogP) is 4.50. The molecule has 0 spiro atoms. The van der Waals surface area contributed by atoms with Crippen molar-refractivity contribution in [2.24, 2.45) is 0 Å². The van der Waals surface area contributed by atoms with E-state index in [1.54, 1.807) is 7.11 Å². The summed E-state index contributed by atoms with van der Waals surface area (Å²) in [5, 5.41) is 0. The molecule has 0 fully saturated rings. The highest BCUT2D eigenvalue weighted by Crippen LogP contribution is 2.33. The number of aldehydes is 1. The second-order valence-electron chi connectivity index (χ2n) is 4.86. The van der Waals surface area contributed by atoms with Gasteiger partial charge in [0.15, 0.2) is 6.29 Å². The fraction of sp³-hybridized carbons (Fsp3) is 0.118. The van der Waals surface area contributed by atoms with Crippen LogP contribution in [-0.2, 0) is 0 Å². The van der Waals surface area contributed by atoms with Crippen molar-refractivity contribution >= 4 is 27.7 Å². The number of fused-ring (bicyclic) bond motifs is 1. The van der Waals surface area contributed by atoms with E-state index < -0.39 is 0 Å². The Labute approximate surface area is 131 Å². The van der Waals surface area contributed by atoms with Crippen molar-refractivity contribution in [2.75, 3.05) is 7.11 Å². The Morgan fingerprint density at radius 3 is 2.71 bits per heavy atom. The van der Waals surface area contributed by atoms with E-state index in [4.69, 9.17) is 4.74 Å². The lowest BCUT2D eigenvalue weighted by Crippen LogP contribution is -1.93. The van der Waals surface area contributed by atoms with Crippen LogP contribution in [-0.4, -0.2) is 17.8 Å². The second kappa shape index (κ2) is 5.37. The Balaban J connectivity index is 2.27. The van der Waals surface area contributed by atoms with Crippen LogP contribution in [0.2, 0.25) is 0 Å². The number of benzene rings is 1. The molecule has 4 heteroatoms. The number of hydrogen-bond acceptors (Lipinski definition) is 2. The first kappa shape index (κ1) is 13.9. The molecule has 106 valence electrons. The summed E-state index contributed by atoms with van der Waals surface area (Å²) in [4.78, 5) is 11.5. The molecule has 2 heterocycles. The molecule has 0 atom stereocenters. The molecule has 0 unspecified atom stereocenters. The summed E-state index contributed by atoms with van der Waals surface area (Å²) in [7, 11) is 1.63. The van der Waals surface area contributed by atoms with Crippen molar-refractivity contribution < 1.29 is 9.53 Å². The van der Waals surface area contributed by atoms with Gasteiger partial charge in [0, 0.05) is 17.3 Å². The van der Waals surface area contributed by atoms with Gasteiger partial charge in [0.05, 0.1) is 17.3 Å². The minimum atomic E-state index is 0.658. The second-order valence-corrected chi connectivity index (χ2v) is 5.71. The Morgan fingerprint density at radius 2 is 2.05 bits per heavy atom. The highest BCUT2D eigenvalue weighted by atomic mass is 79.9. The van der Waals surface area contributed by atoms with E-state index in [9.17, 15) is 4.79 Å². The third-order valence-electron chi connectivity index (χ3n) is 3.64. The number of nitrogens with zero attached hydrogens (tertiary/aromatic N) is 1. The van der Waals surface area contributed by atoms with Gasteiger partial charge in [-0.2, -0.15) is 0 Å². The first-order chi connectivity index (χ1) is 10.2. The van der Waals surface area contributed by atoms with Gasteiger partial charge in [0.1, 0.15) is 5.75 Å². The van der Waals surface area contributed by atoms with Crippen LogP contribution in [0, 0.1) is 6.92 Å². The average molecular weight is 344 g/mol. The van der Waals surface area contributed by atoms with Gasteiger partial charge in [-0.1, -0.05) is 12.1 Å². The van der Waals surface area contributed by atoms with Gasteiger partial charge in [-0.15, -0.1) is 0 Å². The van der Waals surface area contributed by atoms with E-state index in [2.05, 4.69) is 15.9 Å². The molecule has 0 radical (unpaired) electrons. The highest BCUT2D eigenvalue weighted by molar-refractivity contribution is 9.10. The summed E-state index contributed by atoms with van der Waals surface area (Å²) >= 11 is 3.49. The van der Waals surface area contributed by atoms with Crippen LogP contribution in [0.25, 0.3) is 16.6 Å². The molecule has 3 rings (SSSR count). The Kier molecular flexibility index (Phi) is 3.55. The fourth-order valence-electron chi connectivity index (χ4n) is 2.55. The number of carbonyl (C=O) groups is 1. The smallest absolute Gasteiger partial charge is 0.167 e. The third kappa shape index (κ3) is 2.25. The maximum absolute atomic E-state index is 11.5. The van der Waals surface area contributed by atoms with Crippen LogP contribution in [0.5, 0.6) is 5.75 Å². The highest BCUT2D eigenvalue weighted by Gasteiger charge is 2.13. The molecule has 21 heavy (non-hydrogen) atoms. The van der Waals surface area contributed by atoms with Crippen LogP contribution in [0.15, 0.2) is 47.1 Å². The minimum absolute atomic E-state index is 0.658. The van der Waals surface area contributed by atoms with E-state index in [1.165, 1.54) is 0 Å². The molecule has 0 saturated carbocycles. The third-order valence-corrected chi connectivity index (χ3v) is 4.26. The Morgan fingerprint density at radius 1 is 1.24 bits per heavy atom. The SMILES string of the molecule is COc1ccc(-c2cc3c(C)cccn3c2C=O)cc1Br. The topological polar surface area (TPSA) is 30.7 Å². The number of ether oxygens (including phenoxy) is 1. The first-order valence-electron chi connectivity index (χ1n) is 6.55. The lowest BCUT2D eigenvalue weighted by molar-refractivity contribution is 0.111. The summed E-state index contributed by atoms with van der Waals surface area (Å²) < 4.78 is 8.04. The quantitative estimate of drug-likeness (QED) is 0.655. The van der Waals surface area contributed by atoms with Gasteiger partial charge in [-0.25, -0.2) is 0 Å². The van der Waals surface area contributed by atoms with Crippen LogP contribution >= 0.6 is 15.9 Å². The Hall–Kier alpha value is -2.07. The maximum Gasteiger partial charge on any atom is 0.167 e. The molecule has 0 aliphatic rings. The normalized spacial score (nSPS) is 10.8. The maximum atomic E-state index is 11.5. The lowest BCUT2D eigenvalue weighted by atomic mass is 10.1. The van der Waals surface area contributed by atoms with E-state index >= 15 is 0 Å². The Bertz CT molecular complexity index is 836. The van der Waals surface area contributed by atoms with Gasteiger partial charge in [-0.3, -0.25) is 4.79 Å². The van der Waals surface area contributed by atoms with E-state index in [-0.39, 0.29) is 0 Å². The molecular formula is C17H14BrNO2. The van der Waals surface area contributed by atoms with Gasteiger partial charge in [0.2, 0.25) is 0 Å². The average Bonchev–Trinajstić information content (AvgIpc) is 2.87. The summed E-state index contributed by atoms with van der Waals surface area (Å²) in [5.74, 6) is 0.770. The fourth-order valence-corrected chi connectivity index (χ4v) is 3.09. The molecule has 0 N–H and O–H groups in total. The number of rotatable bonds is 3. The number of pyridine rings is 1. The zero-order chi connectivity index (χ0) is 15.0. The van der Waals surface area contributed by atoms with Crippen molar-refractivity contribution in [3.05, 3.63) is 58.3 Å². The molecule has 0 bridgehead atoms. The first-order valence-corrected chi connectivity index (χ1v) is 7.34. The largest absolute Gasteiger partial charge is 0.496 e. The molecule has 3 nitrogen and oxygen atoms in total. The van der Waals surface area contributed by atoms with Crippen LogP contribution < -0.4 is 4.74 Å².